The predicted molar refractivity (Wildman–Crippen MR) is 64.9 cm³/mol. The molecule has 0 aliphatic rings. The quantitative estimate of drug-likeness (QED) is 0.777. The summed E-state index contributed by atoms with van der Waals surface area (Å²) in [6, 6.07) is 0. The number of carbonyl (C=O) groups excluding carboxylic acids is 1. The van der Waals surface area contributed by atoms with Gasteiger partial charge in [-0.25, -0.2) is 9.97 Å². The van der Waals surface area contributed by atoms with Crippen LogP contribution in [0.15, 0.2) is 16.8 Å². The molecule has 18 heavy (non-hydrogen) atoms. The van der Waals surface area contributed by atoms with Gasteiger partial charge >= 0.3 is 0 Å². The molecule has 2 aromatic heterocycles. The van der Waals surface area contributed by atoms with Crippen LogP contribution in [-0.2, 0) is 0 Å². The fraction of sp³-hybridized carbons (Fsp3) is 0.308. The van der Waals surface area contributed by atoms with Crippen LogP contribution in [0.3, 0.4) is 0 Å². The first-order valence-corrected chi connectivity index (χ1v) is 5.52. The SMILES string of the molecule is COc1nccnc1C(=O)c1c(C)oc(C)c1C. The van der Waals surface area contributed by atoms with E-state index >= 15 is 0 Å². The maximum atomic E-state index is 12.4. The molecule has 0 aromatic carbocycles. The molecule has 0 aliphatic heterocycles. The lowest BCUT2D eigenvalue weighted by molar-refractivity contribution is 0.102. The summed E-state index contributed by atoms with van der Waals surface area (Å²) in [6.45, 7) is 5.44. The first kappa shape index (κ1) is 12.3. The minimum atomic E-state index is -0.230. The van der Waals surface area contributed by atoms with Gasteiger partial charge < -0.3 is 9.15 Å². The molecule has 2 rings (SSSR count). The minimum Gasteiger partial charge on any atom is -0.479 e. The van der Waals surface area contributed by atoms with Crippen LogP contribution in [0, 0.1) is 20.8 Å². The third-order valence-corrected chi connectivity index (χ3v) is 2.86. The lowest BCUT2D eigenvalue weighted by atomic mass is 10.0. The summed E-state index contributed by atoms with van der Waals surface area (Å²) in [5.74, 6) is 1.31. The predicted octanol–water partition coefficient (Wildman–Crippen LogP) is 2.23. The third kappa shape index (κ3) is 1.88. The van der Waals surface area contributed by atoms with Crippen LogP contribution in [0.2, 0.25) is 0 Å². The molecule has 0 atom stereocenters. The molecule has 5 nitrogen and oxygen atoms in total. The summed E-state index contributed by atoms with van der Waals surface area (Å²) in [5.41, 5.74) is 1.56. The minimum absolute atomic E-state index is 0.201. The average molecular weight is 246 g/mol. The van der Waals surface area contributed by atoms with Crippen LogP contribution in [0.25, 0.3) is 0 Å². The van der Waals surface area contributed by atoms with Gasteiger partial charge in [0.05, 0.1) is 12.7 Å². The molecule has 94 valence electrons. The molecular formula is C13H14N2O3. The molecule has 0 saturated heterocycles. The monoisotopic (exact) mass is 246 g/mol. The number of furan rings is 1. The molecule has 2 aromatic rings. The Kier molecular flexibility index (Phi) is 3.14. The molecule has 0 aliphatic carbocycles. The average Bonchev–Trinajstić information content (AvgIpc) is 2.62. The molecule has 0 unspecified atom stereocenters. The number of hydrogen-bond donors (Lipinski definition) is 0. The van der Waals surface area contributed by atoms with Gasteiger partial charge in [-0.15, -0.1) is 0 Å². The molecule has 0 spiro atoms. The standard InChI is InChI=1S/C13H14N2O3/c1-7-8(2)18-9(3)10(7)12(16)11-13(17-4)15-6-5-14-11/h5-6H,1-4H3. The molecule has 0 radical (unpaired) electrons. The van der Waals surface area contributed by atoms with Gasteiger partial charge in [0, 0.05) is 18.0 Å². The molecule has 0 bridgehead atoms. The second-order valence-corrected chi connectivity index (χ2v) is 3.96. The van der Waals surface area contributed by atoms with E-state index < -0.39 is 0 Å². The zero-order valence-electron chi connectivity index (χ0n) is 10.8. The van der Waals surface area contributed by atoms with Gasteiger partial charge in [-0.05, 0) is 20.8 Å². The summed E-state index contributed by atoms with van der Waals surface area (Å²) in [7, 11) is 1.46. The largest absolute Gasteiger partial charge is 0.479 e. The number of aryl methyl sites for hydroxylation is 2. The summed E-state index contributed by atoms with van der Waals surface area (Å²) in [4.78, 5) is 20.5. The topological polar surface area (TPSA) is 65.2 Å². The molecule has 0 amide bonds. The van der Waals surface area contributed by atoms with E-state index in [0.717, 1.165) is 11.3 Å². The van der Waals surface area contributed by atoms with E-state index in [4.69, 9.17) is 9.15 Å². The van der Waals surface area contributed by atoms with Gasteiger partial charge in [0.25, 0.3) is 0 Å². The van der Waals surface area contributed by atoms with Gasteiger partial charge in [-0.2, -0.15) is 0 Å². The lowest BCUT2D eigenvalue weighted by Gasteiger charge is -2.04. The number of ether oxygens (including phenoxy) is 1. The first-order valence-electron chi connectivity index (χ1n) is 5.52. The summed E-state index contributed by atoms with van der Waals surface area (Å²) < 4.78 is 10.5. The highest BCUT2D eigenvalue weighted by atomic mass is 16.5. The van der Waals surface area contributed by atoms with Crippen LogP contribution in [-0.4, -0.2) is 22.9 Å². The number of aromatic nitrogens is 2. The van der Waals surface area contributed by atoms with Crippen molar-refractivity contribution in [2.75, 3.05) is 7.11 Å². The molecule has 2 heterocycles. The fourth-order valence-corrected chi connectivity index (χ4v) is 1.88. The van der Waals surface area contributed by atoms with Crippen molar-refractivity contribution in [3.8, 4) is 5.88 Å². The fourth-order valence-electron chi connectivity index (χ4n) is 1.88. The van der Waals surface area contributed by atoms with Crippen molar-refractivity contribution < 1.29 is 13.9 Å². The van der Waals surface area contributed by atoms with Crippen molar-refractivity contribution in [1.29, 1.82) is 0 Å². The van der Waals surface area contributed by atoms with E-state index in [1.165, 1.54) is 19.5 Å². The third-order valence-electron chi connectivity index (χ3n) is 2.86. The van der Waals surface area contributed by atoms with Crippen molar-refractivity contribution >= 4 is 5.78 Å². The van der Waals surface area contributed by atoms with E-state index in [0.29, 0.717) is 11.3 Å². The van der Waals surface area contributed by atoms with Crippen LogP contribution in [0.4, 0.5) is 0 Å². The number of nitrogens with zero attached hydrogens (tertiary/aromatic N) is 2. The lowest BCUT2D eigenvalue weighted by Crippen LogP contribution is -2.09. The Bertz CT molecular complexity index is 602. The Labute approximate surface area is 105 Å². The molecule has 0 N–H and O–H groups in total. The van der Waals surface area contributed by atoms with Crippen LogP contribution in [0.1, 0.15) is 33.1 Å². The van der Waals surface area contributed by atoms with E-state index in [1.807, 2.05) is 13.8 Å². The van der Waals surface area contributed by atoms with E-state index in [2.05, 4.69) is 9.97 Å². The molecule has 5 heteroatoms. The highest BCUT2D eigenvalue weighted by molar-refractivity contribution is 6.10. The summed E-state index contributed by atoms with van der Waals surface area (Å²) in [5, 5.41) is 0. The van der Waals surface area contributed by atoms with Crippen LogP contribution < -0.4 is 4.74 Å². The second kappa shape index (κ2) is 4.60. The second-order valence-electron chi connectivity index (χ2n) is 3.96. The maximum Gasteiger partial charge on any atom is 0.243 e. The van der Waals surface area contributed by atoms with Crippen molar-refractivity contribution in [3.63, 3.8) is 0 Å². The van der Waals surface area contributed by atoms with Crippen LogP contribution >= 0.6 is 0 Å². The number of ketones is 1. The number of hydrogen-bond acceptors (Lipinski definition) is 5. The number of rotatable bonds is 3. The van der Waals surface area contributed by atoms with Gasteiger partial charge in [-0.3, -0.25) is 4.79 Å². The van der Waals surface area contributed by atoms with Gasteiger partial charge in [0.2, 0.25) is 11.7 Å². The first-order chi connectivity index (χ1) is 8.56. The summed E-state index contributed by atoms with van der Waals surface area (Å²) >= 11 is 0. The highest BCUT2D eigenvalue weighted by Crippen LogP contribution is 2.25. The highest BCUT2D eigenvalue weighted by Gasteiger charge is 2.24. The number of methoxy groups -OCH3 is 1. The zero-order chi connectivity index (χ0) is 13.3. The van der Waals surface area contributed by atoms with E-state index in [9.17, 15) is 4.79 Å². The Morgan fingerprint density at radius 1 is 1.17 bits per heavy atom. The molecule has 0 fully saturated rings. The molecular weight excluding hydrogens is 232 g/mol. The van der Waals surface area contributed by atoms with Crippen molar-refractivity contribution in [1.82, 2.24) is 9.97 Å². The van der Waals surface area contributed by atoms with Crippen molar-refractivity contribution in [2.45, 2.75) is 20.8 Å². The van der Waals surface area contributed by atoms with Gasteiger partial charge in [0.1, 0.15) is 11.5 Å². The van der Waals surface area contributed by atoms with Crippen molar-refractivity contribution in [2.24, 2.45) is 0 Å². The Balaban J connectivity index is 2.55. The Morgan fingerprint density at radius 3 is 2.39 bits per heavy atom. The Morgan fingerprint density at radius 2 is 1.83 bits per heavy atom. The normalized spacial score (nSPS) is 10.4. The van der Waals surface area contributed by atoms with E-state index in [-0.39, 0.29) is 17.4 Å². The van der Waals surface area contributed by atoms with Crippen LogP contribution in [0.5, 0.6) is 5.88 Å². The van der Waals surface area contributed by atoms with E-state index in [1.54, 1.807) is 6.92 Å². The number of carbonyl (C=O) groups is 1. The van der Waals surface area contributed by atoms with Gasteiger partial charge in [-0.1, -0.05) is 0 Å². The maximum absolute atomic E-state index is 12.4. The van der Waals surface area contributed by atoms with Gasteiger partial charge in [0.15, 0.2) is 5.69 Å². The smallest absolute Gasteiger partial charge is 0.243 e. The molecule has 0 saturated carbocycles. The Hall–Kier alpha value is -2.17. The zero-order valence-corrected chi connectivity index (χ0v) is 10.8. The van der Waals surface area contributed by atoms with Crippen molar-refractivity contribution in [3.05, 3.63) is 40.7 Å². The summed E-state index contributed by atoms with van der Waals surface area (Å²) in [6.07, 6.45) is 2.95.